The van der Waals surface area contributed by atoms with E-state index < -0.39 is 18.6 Å². The van der Waals surface area contributed by atoms with Gasteiger partial charge in [-0.2, -0.15) is 5.26 Å². The fourth-order valence-corrected chi connectivity index (χ4v) is 3.59. The van der Waals surface area contributed by atoms with Crippen molar-refractivity contribution in [1.82, 2.24) is 9.88 Å². The summed E-state index contributed by atoms with van der Waals surface area (Å²) in [6.45, 7) is 1.40. The Hall–Kier alpha value is -3.63. The van der Waals surface area contributed by atoms with E-state index >= 15 is 0 Å². The Kier molecular flexibility index (Phi) is 7.63. The van der Waals surface area contributed by atoms with Crippen LogP contribution in [0.3, 0.4) is 0 Å². The quantitative estimate of drug-likeness (QED) is 0.388. The van der Waals surface area contributed by atoms with Crippen LogP contribution in [0.4, 0.5) is 0 Å². The highest BCUT2D eigenvalue weighted by atomic mass is 35.5. The number of halogens is 1. The summed E-state index contributed by atoms with van der Waals surface area (Å²) in [5.41, 5.74) is 1.97. The third-order valence-corrected chi connectivity index (χ3v) is 5.19. The number of amides is 1. The van der Waals surface area contributed by atoms with Crippen molar-refractivity contribution in [3.05, 3.63) is 70.9 Å². The molecule has 0 bridgehead atoms. The lowest BCUT2D eigenvalue weighted by Gasteiger charge is -2.17. The maximum absolute atomic E-state index is 12.8. The normalized spacial score (nSPS) is 11.5. The number of ketones is 1. The number of rotatable bonds is 9. The highest BCUT2D eigenvalue weighted by molar-refractivity contribution is 6.30. The van der Waals surface area contributed by atoms with Crippen molar-refractivity contribution in [3.8, 4) is 6.07 Å². The Morgan fingerprint density at radius 2 is 1.88 bits per heavy atom. The zero-order valence-corrected chi connectivity index (χ0v) is 18.3. The van der Waals surface area contributed by atoms with Crippen molar-refractivity contribution < 1.29 is 19.1 Å². The average Bonchev–Trinajstić information content (AvgIpc) is 3.14. The molecule has 1 aromatic heterocycles. The molecule has 2 aromatic carbocycles. The minimum absolute atomic E-state index is 0.127. The first kappa shape index (κ1) is 23.0. The van der Waals surface area contributed by atoms with Crippen LogP contribution in [0.15, 0.2) is 54.7 Å². The fourth-order valence-electron chi connectivity index (χ4n) is 3.47. The van der Waals surface area contributed by atoms with Gasteiger partial charge in [0.2, 0.25) is 11.7 Å². The molecular formula is C24H22ClN3O4. The predicted octanol–water partition coefficient (Wildman–Crippen LogP) is 4.20. The number of benzene rings is 2. The summed E-state index contributed by atoms with van der Waals surface area (Å²) in [6.07, 6.45) is 1.88. The Bertz CT molecular complexity index is 1180. The second-order valence-corrected chi connectivity index (χ2v) is 7.69. The van der Waals surface area contributed by atoms with Crippen LogP contribution in [0.25, 0.3) is 10.9 Å². The molecule has 1 atom stereocenters. The first-order valence-electron chi connectivity index (χ1n) is 10.0. The Morgan fingerprint density at radius 1 is 1.16 bits per heavy atom. The summed E-state index contributed by atoms with van der Waals surface area (Å²) >= 11 is 5.91. The highest BCUT2D eigenvalue weighted by Crippen LogP contribution is 2.23. The topological polar surface area (TPSA) is 101 Å². The molecule has 3 aromatic rings. The van der Waals surface area contributed by atoms with Gasteiger partial charge in [0.25, 0.3) is 0 Å². The zero-order chi connectivity index (χ0) is 23.1. The number of aryl methyl sites for hydroxylation is 1. The Labute approximate surface area is 190 Å². The molecule has 0 aliphatic rings. The molecule has 0 saturated carbocycles. The van der Waals surface area contributed by atoms with Gasteiger partial charge in [0.1, 0.15) is 0 Å². The average molecular weight is 452 g/mol. The van der Waals surface area contributed by atoms with Crippen molar-refractivity contribution >= 4 is 40.2 Å². The largest absolute Gasteiger partial charge is 0.457 e. The highest BCUT2D eigenvalue weighted by Gasteiger charge is 2.21. The predicted molar refractivity (Wildman–Crippen MR) is 120 cm³/mol. The maximum atomic E-state index is 12.8. The number of aromatic nitrogens is 1. The number of hydrogen-bond acceptors (Lipinski definition) is 5. The van der Waals surface area contributed by atoms with Gasteiger partial charge in [0.15, 0.2) is 6.61 Å². The SMILES string of the molecule is CC(=O)NC(CC(=O)OCC(=O)c1cn(CCC#N)c2ccccc12)c1ccc(Cl)cc1. The summed E-state index contributed by atoms with van der Waals surface area (Å²) in [7, 11) is 0. The lowest BCUT2D eigenvalue weighted by atomic mass is 10.0. The number of esters is 1. The number of nitrogens with zero attached hydrogens (tertiary/aromatic N) is 2. The monoisotopic (exact) mass is 451 g/mol. The Balaban J connectivity index is 1.68. The van der Waals surface area contributed by atoms with E-state index in [9.17, 15) is 14.4 Å². The second-order valence-electron chi connectivity index (χ2n) is 7.25. The number of Topliss-reactive ketones (excluding diaryl/α,β-unsaturated/α-hetero) is 1. The minimum Gasteiger partial charge on any atom is -0.457 e. The minimum atomic E-state index is -0.611. The molecule has 0 aliphatic carbocycles. The van der Waals surface area contributed by atoms with Gasteiger partial charge in [-0.25, -0.2) is 0 Å². The van der Waals surface area contributed by atoms with Crippen LogP contribution in [0, 0.1) is 11.3 Å². The molecule has 0 aliphatic heterocycles. The smallest absolute Gasteiger partial charge is 0.308 e. The van der Waals surface area contributed by atoms with E-state index in [1.165, 1.54) is 6.92 Å². The standard InChI is InChI=1S/C24H22ClN3O4/c1-16(29)27-21(17-7-9-18(25)10-8-17)13-24(31)32-15-23(30)20-14-28(12-4-11-26)22-6-3-2-5-19(20)22/h2-3,5-10,14,21H,4,12-13,15H2,1H3,(H,27,29). The van der Waals surface area contributed by atoms with Crippen molar-refractivity contribution in [2.24, 2.45) is 0 Å². The molecule has 32 heavy (non-hydrogen) atoms. The van der Waals surface area contributed by atoms with Crippen LogP contribution >= 0.6 is 11.6 Å². The molecule has 8 heteroatoms. The van der Waals surface area contributed by atoms with E-state index in [-0.39, 0.29) is 18.1 Å². The molecule has 0 radical (unpaired) electrons. The van der Waals surface area contributed by atoms with Crippen LogP contribution in [-0.4, -0.2) is 28.8 Å². The van der Waals surface area contributed by atoms with E-state index in [0.717, 1.165) is 10.9 Å². The second kappa shape index (κ2) is 10.6. The van der Waals surface area contributed by atoms with Crippen LogP contribution in [0.2, 0.25) is 5.02 Å². The number of carbonyl (C=O) groups is 3. The third kappa shape index (κ3) is 5.74. The van der Waals surface area contributed by atoms with Gasteiger partial charge in [-0.05, 0) is 23.8 Å². The van der Waals surface area contributed by atoms with Gasteiger partial charge in [0.05, 0.1) is 25.0 Å². The van der Waals surface area contributed by atoms with E-state index in [1.807, 2.05) is 28.8 Å². The number of carbonyl (C=O) groups excluding carboxylic acids is 3. The fraction of sp³-hybridized carbons (Fsp3) is 0.250. The van der Waals surface area contributed by atoms with Gasteiger partial charge in [-0.1, -0.05) is 41.9 Å². The van der Waals surface area contributed by atoms with Gasteiger partial charge in [-0.3, -0.25) is 14.4 Å². The molecular weight excluding hydrogens is 430 g/mol. The number of para-hydroxylation sites is 1. The van der Waals surface area contributed by atoms with Gasteiger partial charge < -0.3 is 14.6 Å². The molecule has 164 valence electrons. The number of fused-ring (bicyclic) bond motifs is 1. The molecule has 0 spiro atoms. The Morgan fingerprint density at radius 3 is 2.56 bits per heavy atom. The summed E-state index contributed by atoms with van der Waals surface area (Å²) in [5.74, 6) is -1.24. The molecule has 1 amide bonds. The third-order valence-electron chi connectivity index (χ3n) is 4.94. The molecule has 1 N–H and O–H groups in total. The van der Waals surface area contributed by atoms with Crippen LogP contribution in [0.1, 0.15) is 41.7 Å². The number of nitriles is 1. The van der Waals surface area contributed by atoms with E-state index in [2.05, 4.69) is 11.4 Å². The first-order chi connectivity index (χ1) is 15.4. The van der Waals surface area contributed by atoms with Crippen LogP contribution < -0.4 is 5.32 Å². The molecule has 0 fully saturated rings. The molecule has 7 nitrogen and oxygen atoms in total. The van der Waals surface area contributed by atoms with Crippen LogP contribution in [0.5, 0.6) is 0 Å². The molecule has 3 rings (SSSR count). The number of hydrogen-bond donors (Lipinski definition) is 1. The molecule has 0 saturated heterocycles. The summed E-state index contributed by atoms with van der Waals surface area (Å²) in [4.78, 5) is 36.8. The van der Waals surface area contributed by atoms with Crippen molar-refractivity contribution in [1.29, 1.82) is 5.26 Å². The lowest BCUT2D eigenvalue weighted by Crippen LogP contribution is -2.29. The van der Waals surface area contributed by atoms with E-state index in [4.69, 9.17) is 21.6 Å². The summed E-state index contributed by atoms with van der Waals surface area (Å²) in [6, 6.07) is 15.7. The van der Waals surface area contributed by atoms with Crippen molar-refractivity contribution in [3.63, 3.8) is 0 Å². The summed E-state index contributed by atoms with van der Waals surface area (Å²) < 4.78 is 7.08. The molecule has 1 heterocycles. The van der Waals surface area contributed by atoms with Crippen molar-refractivity contribution in [2.45, 2.75) is 32.4 Å². The molecule has 1 unspecified atom stereocenters. The van der Waals surface area contributed by atoms with Gasteiger partial charge in [-0.15, -0.1) is 0 Å². The maximum Gasteiger partial charge on any atom is 0.308 e. The van der Waals surface area contributed by atoms with Gasteiger partial charge >= 0.3 is 5.97 Å². The van der Waals surface area contributed by atoms with E-state index in [0.29, 0.717) is 29.1 Å². The van der Waals surface area contributed by atoms with Gasteiger partial charge in [0, 0.05) is 41.2 Å². The number of nitrogens with one attached hydrogen (secondary N) is 1. The van der Waals surface area contributed by atoms with Crippen LogP contribution in [-0.2, 0) is 20.9 Å². The first-order valence-corrected chi connectivity index (χ1v) is 10.4. The zero-order valence-electron chi connectivity index (χ0n) is 17.5. The van der Waals surface area contributed by atoms with E-state index in [1.54, 1.807) is 30.5 Å². The van der Waals surface area contributed by atoms with Crippen molar-refractivity contribution in [2.75, 3.05) is 6.61 Å². The number of ether oxygens (including phenoxy) is 1. The summed E-state index contributed by atoms with van der Waals surface area (Å²) in [5, 5.41) is 12.9. The lowest BCUT2D eigenvalue weighted by molar-refractivity contribution is -0.143.